The summed E-state index contributed by atoms with van der Waals surface area (Å²) in [5.74, 6) is 1.64. The summed E-state index contributed by atoms with van der Waals surface area (Å²) in [6.07, 6.45) is -0.937. The summed E-state index contributed by atoms with van der Waals surface area (Å²) in [5.41, 5.74) is 6.61. The summed E-state index contributed by atoms with van der Waals surface area (Å²) in [7, 11) is 6.20. The summed E-state index contributed by atoms with van der Waals surface area (Å²) >= 11 is 1.96. The Morgan fingerprint density at radius 1 is 0.897 bits per heavy atom. The van der Waals surface area contributed by atoms with Crippen molar-refractivity contribution >= 4 is 34.5 Å². The number of aliphatic hydroxyl groups is 2. The Hall–Kier alpha value is -2.81. The molecule has 2 unspecified atom stereocenters. The van der Waals surface area contributed by atoms with E-state index in [1.165, 1.54) is 7.11 Å². The minimum Gasteiger partial charge on any atom is -0.497 e. The summed E-state index contributed by atoms with van der Waals surface area (Å²) < 4.78 is 26.6. The number of hydrogen-bond acceptors (Lipinski definition) is 9. The van der Waals surface area contributed by atoms with Crippen LogP contribution in [0.5, 0.6) is 23.0 Å². The van der Waals surface area contributed by atoms with Crippen molar-refractivity contribution in [3.8, 4) is 23.0 Å². The van der Waals surface area contributed by atoms with Crippen LogP contribution in [0, 0.1) is 0 Å². The van der Waals surface area contributed by atoms with Crippen molar-refractivity contribution in [1.82, 2.24) is 5.32 Å². The Morgan fingerprint density at radius 3 is 1.62 bits per heavy atom. The van der Waals surface area contributed by atoms with Crippen molar-refractivity contribution in [3.05, 3.63) is 47.5 Å². The third kappa shape index (κ3) is 15.4. The number of carboxylic acids is 1. The van der Waals surface area contributed by atoms with Gasteiger partial charge in [-0.3, -0.25) is 9.59 Å². The number of rotatable bonds is 11. The Kier molecular flexibility index (Phi) is 21.4. The van der Waals surface area contributed by atoms with Crippen LogP contribution < -0.4 is 30.0 Å². The van der Waals surface area contributed by atoms with E-state index in [4.69, 9.17) is 31.2 Å². The summed E-state index contributed by atoms with van der Waals surface area (Å²) in [4.78, 5) is 21.0. The van der Waals surface area contributed by atoms with E-state index in [-0.39, 0.29) is 25.4 Å². The number of nitrogens with one attached hydrogen (secondary N) is 1. The summed E-state index contributed by atoms with van der Waals surface area (Å²) in [6, 6.07) is 10.4. The van der Waals surface area contributed by atoms with Crippen LogP contribution in [0.15, 0.2) is 36.4 Å². The van der Waals surface area contributed by atoms with Crippen LogP contribution in [0.3, 0.4) is 0 Å². The average Bonchev–Trinajstić information content (AvgIpc) is 2.99. The molecule has 0 spiro atoms. The number of carboxylic acid groups (broad SMARTS) is 1. The van der Waals surface area contributed by atoms with Gasteiger partial charge in [-0.25, -0.2) is 0 Å². The van der Waals surface area contributed by atoms with Crippen molar-refractivity contribution in [2.75, 3.05) is 46.4 Å². The van der Waals surface area contributed by atoms with Gasteiger partial charge in [0.2, 0.25) is 5.91 Å². The normalized spacial score (nSPS) is 11.3. The molecule has 39 heavy (non-hydrogen) atoms. The number of alkyl halides is 1. The minimum absolute atomic E-state index is 0.101. The van der Waals surface area contributed by atoms with Crippen LogP contribution in [0.25, 0.3) is 0 Å². The first kappa shape index (κ1) is 36.2. The molecule has 0 aliphatic rings. The van der Waals surface area contributed by atoms with E-state index in [0.29, 0.717) is 45.5 Å². The molecule has 12 heteroatoms. The fraction of sp³-hybridized carbons (Fsp3) is 0.481. The van der Waals surface area contributed by atoms with Crippen LogP contribution in [0.4, 0.5) is 0 Å². The predicted octanol–water partition coefficient (Wildman–Crippen LogP) is 3.49. The van der Waals surface area contributed by atoms with Gasteiger partial charge in [-0.05, 0) is 41.3 Å². The predicted molar refractivity (Wildman–Crippen MR) is 159 cm³/mol. The third-order valence-corrected chi connectivity index (χ3v) is 4.93. The number of carbonyl (C=O) groups excluding carboxylic acids is 1. The Labute approximate surface area is 246 Å². The van der Waals surface area contributed by atoms with Gasteiger partial charge in [0.05, 0.1) is 40.6 Å². The lowest BCUT2D eigenvalue weighted by molar-refractivity contribution is -0.136. The van der Waals surface area contributed by atoms with Crippen molar-refractivity contribution < 1.29 is 45.2 Å². The van der Waals surface area contributed by atoms with Crippen molar-refractivity contribution in [2.24, 2.45) is 5.73 Å². The van der Waals surface area contributed by atoms with Crippen LogP contribution in [0.2, 0.25) is 0 Å². The molecule has 0 fully saturated rings. The van der Waals surface area contributed by atoms with Gasteiger partial charge in [0.15, 0.2) is 0 Å². The van der Waals surface area contributed by atoms with Gasteiger partial charge in [0, 0.05) is 38.4 Å². The first-order valence-corrected chi connectivity index (χ1v) is 13.4. The SMILES string of the molecule is CCC(=O)NCC(O)c1cc(OC)ccc1OC.CCC(=O)O.COc1ccc(OC)c(C(O)CN)c1.[2H]CI. The minimum atomic E-state index is -0.828. The number of ether oxygens (including phenoxy) is 4. The van der Waals surface area contributed by atoms with Crippen molar-refractivity contribution in [3.63, 3.8) is 0 Å². The highest BCUT2D eigenvalue weighted by molar-refractivity contribution is 14.1. The molecule has 11 nitrogen and oxygen atoms in total. The number of nitrogens with two attached hydrogens (primary N) is 1. The molecule has 0 aromatic heterocycles. The van der Waals surface area contributed by atoms with E-state index >= 15 is 0 Å². The Morgan fingerprint density at radius 2 is 1.31 bits per heavy atom. The van der Waals surface area contributed by atoms with E-state index in [0.717, 1.165) is 0 Å². The van der Waals surface area contributed by atoms with Gasteiger partial charge in [-0.15, -0.1) is 0 Å². The standard InChI is InChI=1S/C13H19NO4.C10H15NO3.C3H6O2.CH3I/c1-4-13(16)14-8-11(15)10-7-9(17-2)5-6-12(10)18-3;1-13-7-3-4-10(14-2)8(5-7)9(12)6-11;1-2-3(4)5;1-2/h5-7,11,15H,4,8H2,1-3H3,(H,14,16);3-5,9,12H,6,11H2,1-2H3;2H2,1H3,(H,4,5);1H3/i;;;1D. The second kappa shape index (κ2) is 23.1. The third-order valence-electron chi connectivity index (χ3n) is 4.93. The van der Waals surface area contributed by atoms with E-state index in [2.05, 4.69) is 5.32 Å². The maximum atomic E-state index is 11.1. The molecule has 2 aromatic rings. The molecule has 0 aliphatic carbocycles. The molecule has 2 aromatic carbocycles. The highest BCUT2D eigenvalue weighted by Gasteiger charge is 2.15. The van der Waals surface area contributed by atoms with Crippen LogP contribution in [0.1, 0.15) is 51.4 Å². The van der Waals surface area contributed by atoms with E-state index in [1.807, 2.05) is 22.6 Å². The molecule has 2 rings (SSSR count). The number of methoxy groups -OCH3 is 4. The highest BCUT2D eigenvalue weighted by Crippen LogP contribution is 2.29. The zero-order valence-electron chi connectivity index (χ0n) is 24.4. The zero-order chi connectivity index (χ0) is 31.1. The molecule has 0 heterocycles. The van der Waals surface area contributed by atoms with Crippen LogP contribution in [-0.4, -0.2) is 73.6 Å². The molecule has 2 atom stereocenters. The number of aliphatic hydroxyl groups excluding tert-OH is 2. The largest absolute Gasteiger partial charge is 0.497 e. The maximum absolute atomic E-state index is 11.1. The van der Waals surface area contributed by atoms with Crippen molar-refractivity contribution in [2.45, 2.75) is 38.9 Å². The van der Waals surface area contributed by atoms with Crippen LogP contribution >= 0.6 is 22.6 Å². The van der Waals surface area contributed by atoms with E-state index in [9.17, 15) is 19.8 Å². The smallest absolute Gasteiger partial charge is 0.303 e. The Bertz CT molecular complexity index is 983. The Balaban J connectivity index is 0. The summed E-state index contributed by atoms with van der Waals surface area (Å²) in [6.45, 7) is 3.66. The molecule has 0 radical (unpaired) electrons. The van der Waals surface area contributed by atoms with Crippen molar-refractivity contribution in [1.29, 1.82) is 0 Å². The zero-order valence-corrected chi connectivity index (χ0v) is 25.6. The van der Waals surface area contributed by atoms with E-state index < -0.39 is 18.2 Å². The highest BCUT2D eigenvalue weighted by atomic mass is 127. The lowest BCUT2D eigenvalue weighted by atomic mass is 10.1. The van der Waals surface area contributed by atoms with Gasteiger partial charge >= 0.3 is 5.97 Å². The topological polar surface area (TPSA) is 170 Å². The molecule has 0 saturated carbocycles. The molecule has 0 bridgehead atoms. The number of hydrogen-bond donors (Lipinski definition) is 5. The van der Waals surface area contributed by atoms with Gasteiger partial charge in [-0.1, -0.05) is 36.4 Å². The number of halogens is 1. The fourth-order valence-corrected chi connectivity index (χ4v) is 2.77. The quantitative estimate of drug-likeness (QED) is 0.177. The maximum Gasteiger partial charge on any atom is 0.303 e. The molecular formula is C27H43IN2O9. The molecule has 6 N–H and O–H groups in total. The van der Waals surface area contributed by atoms with Crippen LogP contribution in [-0.2, 0) is 9.59 Å². The number of carbonyl (C=O) groups is 2. The second-order valence-corrected chi connectivity index (χ2v) is 7.39. The number of amides is 1. The fourth-order valence-electron chi connectivity index (χ4n) is 2.77. The molecular weight excluding hydrogens is 623 g/mol. The van der Waals surface area contributed by atoms with E-state index in [1.54, 1.807) is 71.6 Å². The first-order valence-electron chi connectivity index (χ1n) is 12.6. The summed E-state index contributed by atoms with van der Waals surface area (Å²) in [5, 5.41) is 30.0. The van der Waals surface area contributed by atoms with Gasteiger partial charge in [-0.2, -0.15) is 0 Å². The average molecular weight is 668 g/mol. The first-order chi connectivity index (χ1) is 19.0. The monoisotopic (exact) mass is 667 g/mol. The molecule has 0 aliphatic heterocycles. The second-order valence-electron chi connectivity index (χ2n) is 7.39. The van der Waals surface area contributed by atoms with Gasteiger partial charge < -0.3 is 45.3 Å². The lowest BCUT2D eigenvalue weighted by Crippen LogP contribution is -2.27. The molecule has 1 amide bonds. The van der Waals surface area contributed by atoms with Gasteiger partial charge in [0.1, 0.15) is 23.0 Å². The number of benzene rings is 2. The number of aliphatic carboxylic acids is 1. The molecule has 222 valence electrons. The molecule has 0 saturated heterocycles. The van der Waals surface area contributed by atoms with Gasteiger partial charge in [0.25, 0.3) is 0 Å². The lowest BCUT2D eigenvalue weighted by Gasteiger charge is -2.16.